The van der Waals surface area contributed by atoms with Crippen LogP contribution >= 0.6 is 0 Å². The summed E-state index contributed by atoms with van der Waals surface area (Å²) in [6.07, 6.45) is 4.63. The fraction of sp³-hybridized carbons (Fsp3) is 0.250. The zero-order valence-electron chi connectivity index (χ0n) is 9.45. The maximum absolute atomic E-state index is 2.37. The Labute approximate surface area is 96.9 Å². The summed E-state index contributed by atoms with van der Waals surface area (Å²) < 4.78 is 0. The lowest BCUT2D eigenvalue weighted by atomic mass is 10.0. The molecule has 0 N–H and O–H groups in total. The first kappa shape index (κ1) is 9.65. The molecule has 0 saturated carbocycles. The summed E-state index contributed by atoms with van der Waals surface area (Å²) in [6, 6.07) is 18.2. The molecule has 0 heterocycles. The highest BCUT2D eigenvalue weighted by Crippen LogP contribution is 2.15. The molecule has 80 valence electrons. The summed E-state index contributed by atoms with van der Waals surface area (Å²) in [4.78, 5) is 0. The fourth-order valence-electron chi connectivity index (χ4n) is 2.39. The number of benzene rings is 2. The van der Waals surface area contributed by atoms with Crippen LogP contribution in [-0.2, 0) is 25.7 Å². The predicted molar refractivity (Wildman–Crippen MR) is 67.7 cm³/mol. The number of hydrogen-bond donors (Lipinski definition) is 0. The zero-order chi connectivity index (χ0) is 10.8. The largest absolute Gasteiger partial charge is 0.0617 e. The summed E-state index contributed by atoms with van der Waals surface area (Å²) in [5.41, 5.74) is 5.86. The van der Waals surface area contributed by atoms with E-state index in [-0.39, 0.29) is 0 Å². The van der Waals surface area contributed by atoms with Crippen molar-refractivity contribution in [2.24, 2.45) is 0 Å². The van der Waals surface area contributed by atoms with Gasteiger partial charge in [0.15, 0.2) is 0 Å². The molecule has 0 saturated heterocycles. The van der Waals surface area contributed by atoms with Gasteiger partial charge in [-0.25, -0.2) is 0 Å². The van der Waals surface area contributed by atoms with Gasteiger partial charge in [0.05, 0.1) is 0 Å². The standard InChI is InChI=1S/C16H16/c1-2-15-10-8-13-4-6-14(7-5-13)9-11-16(3-1)12-15/h1-7,12H,8-11H2. The molecule has 4 bridgehead atoms. The van der Waals surface area contributed by atoms with E-state index in [0.717, 1.165) is 25.7 Å². The zero-order valence-corrected chi connectivity index (χ0v) is 9.45. The van der Waals surface area contributed by atoms with Gasteiger partial charge in [-0.2, -0.15) is 0 Å². The lowest BCUT2D eigenvalue weighted by molar-refractivity contribution is 0.949. The van der Waals surface area contributed by atoms with Crippen LogP contribution in [0.1, 0.15) is 22.3 Å². The van der Waals surface area contributed by atoms with Gasteiger partial charge in [-0.05, 0) is 47.9 Å². The molecule has 0 amide bonds. The number of hydrogen-bond acceptors (Lipinski definition) is 0. The van der Waals surface area contributed by atoms with Crippen LogP contribution in [0.2, 0.25) is 0 Å². The van der Waals surface area contributed by atoms with Gasteiger partial charge in [-0.15, -0.1) is 0 Å². The van der Waals surface area contributed by atoms with Crippen molar-refractivity contribution in [2.75, 3.05) is 0 Å². The molecule has 0 fully saturated rings. The van der Waals surface area contributed by atoms with Crippen molar-refractivity contribution in [2.45, 2.75) is 25.7 Å². The van der Waals surface area contributed by atoms with Crippen molar-refractivity contribution in [1.82, 2.24) is 0 Å². The Balaban J connectivity index is 1.99. The van der Waals surface area contributed by atoms with Crippen LogP contribution in [0.15, 0.2) is 48.5 Å². The molecule has 0 nitrogen and oxygen atoms in total. The molecule has 0 unspecified atom stereocenters. The van der Waals surface area contributed by atoms with Gasteiger partial charge in [0.2, 0.25) is 0 Å². The van der Waals surface area contributed by atoms with Gasteiger partial charge in [-0.3, -0.25) is 0 Å². The number of rotatable bonds is 0. The maximum atomic E-state index is 2.37. The van der Waals surface area contributed by atoms with Crippen molar-refractivity contribution < 1.29 is 0 Å². The maximum Gasteiger partial charge on any atom is -0.0238 e. The van der Waals surface area contributed by atoms with E-state index in [2.05, 4.69) is 48.5 Å². The highest BCUT2D eigenvalue weighted by molar-refractivity contribution is 5.29. The summed E-state index contributed by atoms with van der Waals surface area (Å²) in [7, 11) is 0. The van der Waals surface area contributed by atoms with Crippen molar-refractivity contribution >= 4 is 0 Å². The van der Waals surface area contributed by atoms with E-state index in [1.165, 1.54) is 22.3 Å². The van der Waals surface area contributed by atoms with E-state index in [4.69, 9.17) is 0 Å². The molecule has 0 heteroatoms. The first-order valence-corrected chi connectivity index (χ1v) is 6.06. The molecule has 16 heavy (non-hydrogen) atoms. The van der Waals surface area contributed by atoms with E-state index in [0.29, 0.717) is 0 Å². The first-order chi connectivity index (χ1) is 7.90. The summed E-state index contributed by atoms with van der Waals surface area (Å²) in [5.74, 6) is 0. The van der Waals surface area contributed by atoms with Gasteiger partial charge in [0.1, 0.15) is 0 Å². The molecule has 0 aliphatic heterocycles. The van der Waals surface area contributed by atoms with E-state index < -0.39 is 0 Å². The molecular weight excluding hydrogens is 192 g/mol. The van der Waals surface area contributed by atoms with E-state index >= 15 is 0 Å². The van der Waals surface area contributed by atoms with Gasteiger partial charge in [0, 0.05) is 0 Å². The second-order valence-electron chi connectivity index (χ2n) is 4.64. The predicted octanol–water partition coefficient (Wildman–Crippen LogP) is 3.57. The fourth-order valence-corrected chi connectivity index (χ4v) is 2.39. The minimum atomic E-state index is 1.16. The smallest absolute Gasteiger partial charge is 0.0238 e. The van der Waals surface area contributed by atoms with Crippen LogP contribution in [0, 0.1) is 0 Å². The molecule has 2 aromatic carbocycles. The minimum absolute atomic E-state index is 1.16. The van der Waals surface area contributed by atoms with Crippen LogP contribution in [0.25, 0.3) is 0 Å². The van der Waals surface area contributed by atoms with E-state index in [1.54, 1.807) is 0 Å². The van der Waals surface area contributed by atoms with Gasteiger partial charge in [0.25, 0.3) is 0 Å². The molecule has 0 spiro atoms. The molecule has 2 aromatic rings. The molecule has 0 aromatic heterocycles. The van der Waals surface area contributed by atoms with Gasteiger partial charge >= 0.3 is 0 Å². The Morgan fingerprint density at radius 1 is 0.500 bits per heavy atom. The second-order valence-corrected chi connectivity index (χ2v) is 4.64. The molecule has 4 rings (SSSR count). The highest BCUT2D eigenvalue weighted by Gasteiger charge is 2.02. The molecular formula is C16H16. The normalized spacial score (nSPS) is 14.5. The van der Waals surface area contributed by atoms with Crippen LogP contribution in [0.5, 0.6) is 0 Å². The van der Waals surface area contributed by atoms with E-state index in [9.17, 15) is 0 Å². The SMILES string of the molecule is c1cc2cc(c1)CCc1ccc(cc1)CC2. The molecule has 0 atom stereocenters. The first-order valence-electron chi connectivity index (χ1n) is 6.06. The minimum Gasteiger partial charge on any atom is -0.0617 e. The van der Waals surface area contributed by atoms with Crippen molar-refractivity contribution in [3.63, 3.8) is 0 Å². The Bertz CT molecular complexity index is 437. The van der Waals surface area contributed by atoms with Crippen molar-refractivity contribution in [1.29, 1.82) is 0 Å². The van der Waals surface area contributed by atoms with Crippen LogP contribution in [-0.4, -0.2) is 0 Å². The van der Waals surface area contributed by atoms with E-state index in [1.807, 2.05) is 0 Å². The second kappa shape index (κ2) is 4.13. The Morgan fingerprint density at radius 3 is 1.44 bits per heavy atom. The molecule has 2 aliphatic rings. The van der Waals surface area contributed by atoms with Gasteiger partial charge < -0.3 is 0 Å². The third kappa shape index (κ3) is 2.01. The van der Waals surface area contributed by atoms with Crippen molar-refractivity contribution in [3.05, 3.63) is 70.8 Å². The summed E-state index contributed by atoms with van der Waals surface area (Å²) in [6.45, 7) is 0. The van der Waals surface area contributed by atoms with Crippen LogP contribution in [0.3, 0.4) is 0 Å². The van der Waals surface area contributed by atoms with Crippen LogP contribution in [0.4, 0.5) is 0 Å². The molecule has 0 radical (unpaired) electrons. The third-order valence-corrected chi connectivity index (χ3v) is 3.42. The average Bonchev–Trinajstić information content (AvgIpc) is 2.39. The Kier molecular flexibility index (Phi) is 2.49. The topological polar surface area (TPSA) is 0 Å². The third-order valence-electron chi connectivity index (χ3n) is 3.42. The quantitative estimate of drug-likeness (QED) is 0.621. The average molecular weight is 208 g/mol. The lowest BCUT2D eigenvalue weighted by Gasteiger charge is -2.03. The number of fused-ring (bicyclic) bond motifs is 4. The van der Waals surface area contributed by atoms with Gasteiger partial charge in [-0.1, -0.05) is 48.5 Å². The lowest BCUT2D eigenvalue weighted by Crippen LogP contribution is -1.92. The highest BCUT2D eigenvalue weighted by atomic mass is 14.1. The Morgan fingerprint density at radius 2 is 0.938 bits per heavy atom. The molecule has 2 aliphatic carbocycles. The Hall–Kier alpha value is -1.56. The summed E-state index contributed by atoms with van der Waals surface area (Å²) >= 11 is 0. The summed E-state index contributed by atoms with van der Waals surface area (Å²) in [5, 5.41) is 0. The van der Waals surface area contributed by atoms with Crippen molar-refractivity contribution in [3.8, 4) is 0 Å². The number of aryl methyl sites for hydroxylation is 4. The monoisotopic (exact) mass is 208 g/mol. The van der Waals surface area contributed by atoms with Crippen LogP contribution < -0.4 is 0 Å².